The van der Waals surface area contributed by atoms with Crippen LogP contribution in [0.15, 0.2) is 103 Å². The number of benzene rings is 4. The summed E-state index contributed by atoms with van der Waals surface area (Å²) in [4.78, 5) is 13.6. The van der Waals surface area contributed by atoms with Gasteiger partial charge in [0.25, 0.3) is 0 Å². The summed E-state index contributed by atoms with van der Waals surface area (Å²) in [5.74, 6) is 2.06. The number of methoxy groups -OCH3 is 2. The fraction of sp³-hybridized carbons (Fsp3) is 0.342. The van der Waals surface area contributed by atoms with Gasteiger partial charge in [-0.2, -0.15) is 0 Å². The molecule has 4 aromatic carbocycles. The number of hydrogen-bond acceptors (Lipinski definition) is 7. The van der Waals surface area contributed by atoms with E-state index in [2.05, 4.69) is 0 Å². The molecule has 1 N–H and O–H groups in total. The summed E-state index contributed by atoms with van der Waals surface area (Å²) in [6, 6.07) is 33.4. The third-order valence-corrected chi connectivity index (χ3v) is 8.20. The van der Waals surface area contributed by atoms with Crippen LogP contribution in [0.3, 0.4) is 0 Å². The highest BCUT2D eigenvalue weighted by Gasteiger charge is 2.41. The van der Waals surface area contributed by atoms with Gasteiger partial charge in [0, 0.05) is 12.3 Å². The minimum Gasteiger partial charge on any atom is -0.497 e. The molecule has 1 amide bonds. The molecule has 1 fully saturated rings. The smallest absolute Gasteiger partial charge is 0.407 e. The van der Waals surface area contributed by atoms with Gasteiger partial charge in [-0.15, -0.1) is 0 Å². The molecule has 1 aliphatic heterocycles. The maximum atomic E-state index is 12.2. The average molecular weight is 642 g/mol. The Bertz CT molecular complexity index is 1430. The second-order valence-corrected chi connectivity index (χ2v) is 11.4. The quantitative estimate of drug-likeness (QED) is 0.132. The number of hydrogen-bond donors (Lipinski definition) is 1. The lowest BCUT2D eigenvalue weighted by atomic mass is 9.84. The Labute approximate surface area is 276 Å². The Kier molecular flexibility index (Phi) is 12.5. The second-order valence-electron chi connectivity index (χ2n) is 11.4. The Morgan fingerprint density at radius 2 is 1.17 bits per heavy atom. The fourth-order valence-corrected chi connectivity index (χ4v) is 5.63. The first kappa shape index (κ1) is 33.8. The van der Waals surface area contributed by atoms with Gasteiger partial charge in [-0.25, -0.2) is 4.79 Å². The van der Waals surface area contributed by atoms with Crippen molar-refractivity contribution in [2.75, 3.05) is 40.5 Å². The van der Waals surface area contributed by atoms with Crippen molar-refractivity contribution in [3.05, 3.63) is 125 Å². The van der Waals surface area contributed by atoms with E-state index >= 15 is 0 Å². The Hall–Kier alpha value is -4.57. The molecule has 0 spiro atoms. The van der Waals surface area contributed by atoms with Crippen molar-refractivity contribution in [3.8, 4) is 17.2 Å². The standard InChI is InChI=1S/C38H43NO8/c1-42-32-15-9-29(10-16-32)26-46-35-23-39(38(40)41)24-36(47-27-30-11-17-33(43-2)18-12-30)37(35)31-13-19-34(20-14-31)45-22-6-21-44-25-28-7-4-3-5-8-28/h3-5,7-20,35-37H,6,21-27H2,1-2H3,(H,40,41)/t35-,36+,37-. The summed E-state index contributed by atoms with van der Waals surface area (Å²) in [6.07, 6.45) is -1.13. The van der Waals surface area contributed by atoms with E-state index in [0.29, 0.717) is 33.0 Å². The number of carbonyl (C=O) groups is 1. The molecule has 4 aromatic rings. The number of nitrogens with zero attached hydrogens (tertiary/aromatic N) is 1. The SMILES string of the molecule is COc1ccc(CO[C@H]2CN(C(=O)O)C[C@@H](OCc3ccc(OC)cc3)[C@H]2c2ccc(OCCCOCc3ccccc3)cc2)cc1. The van der Waals surface area contributed by atoms with Crippen molar-refractivity contribution in [1.82, 2.24) is 4.90 Å². The van der Waals surface area contributed by atoms with E-state index in [1.54, 1.807) is 14.2 Å². The largest absolute Gasteiger partial charge is 0.497 e. The molecular formula is C38H43NO8. The van der Waals surface area contributed by atoms with Gasteiger partial charge >= 0.3 is 6.09 Å². The minimum atomic E-state index is -1.00. The number of rotatable bonds is 16. The van der Waals surface area contributed by atoms with Gasteiger partial charge in [0.15, 0.2) is 0 Å². The van der Waals surface area contributed by atoms with Crippen molar-refractivity contribution >= 4 is 6.09 Å². The lowest BCUT2D eigenvalue weighted by Gasteiger charge is -2.42. The summed E-state index contributed by atoms with van der Waals surface area (Å²) in [7, 11) is 3.26. The molecular weight excluding hydrogens is 598 g/mol. The summed E-state index contributed by atoms with van der Waals surface area (Å²) >= 11 is 0. The normalized spacial score (nSPS) is 17.7. The van der Waals surface area contributed by atoms with Crippen LogP contribution in [0, 0.1) is 0 Å². The first-order valence-corrected chi connectivity index (χ1v) is 15.8. The van der Waals surface area contributed by atoms with E-state index in [-0.39, 0.29) is 19.0 Å². The maximum Gasteiger partial charge on any atom is 0.407 e. The minimum absolute atomic E-state index is 0.220. The first-order valence-electron chi connectivity index (χ1n) is 15.8. The molecule has 0 aromatic heterocycles. The molecule has 47 heavy (non-hydrogen) atoms. The summed E-state index contributed by atoms with van der Waals surface area (Å²) < 4.78 is 35.3. The van der Waals surface area contributed by atoms with Crippen molar-refractivity contribution in [3.63, 3.8) is 0 Å². The Morgan fingerprint density at radius 3 is 1.68 bits per heavy atom. The average Bonchev–Trinajstić information content (AvgIpc) is 3.12. The molecule has 9 heteroatoms. The van der Waals surface area contributed by atoms with Crippen LogP contribution in [0.25, 0.3) is 0 Å². The van der Waals surface area contributed by atoms with Crippen LogP contribution < -0.4 is 14.2 Å². The Morgan fingerprint density at radius 1 is 0.660 bits per heavy atom. The fourth-order valence-electron chi connectivity index (χ4n) is 5.63. The van der Waals surface area contributed by atoms with Crippen LogP contribution in [0.4, 0.5) is 4.79 Å². The summed E-state index contributed by atoms with van der Waals surface area (Å²) in [5, 5.41) is 10.0. The highest BCUT2D eigenvalue weighted by Crippen LogP contribution is 2.35. The van der Waals surface area contributed by atoms with Crippen molar-refractivity contribution < 1.29 is 38.3 Å². The van der Waals surface area contributed by atoms with Crippen LogP contribution in [0.2, 0.25) is 0 Å². The van der Waals surface area contributed by atoms with Crippen LogP contribution in [0.1, 0.15) is 34.6 Å². The molecule has 0 radical (unpaired) electrons. The molecule has 1 saturated heterocycles. The first-order chi connectivity index (χ1) is 23.0. The Balaban J connectivity index is 1.26. The monoisotopic (exact) mass is 641 g/mol. The van der Waals surface area contributed by atoms with Gasteiger partial charge in [0.05, 0.1) is 72.6 Å². The van der Waals surface area contributed by atoms with Gasteiger partial charge in [0.2, 0.25) is 0 Å². The van der Waals surface area contributed by atoms with E-state index < -0.39 is 18.3 Å². The topological polar surface area (TPSA) is 95.9 Å². The van der Waals surface area contributed by atoms with Crippen molar-refractivity contribution in [1.29, 1.82) is 0 Å². The molecule has 9 nitrogen and oxygen atoms in total. The maximum absolute atomic E-state index is 12.2. The van der Waals surface area contributed by atoms with E-state index in [1.165, 1.54) is 4.90 Å². The predicted molar refractivity (Wildman–Crippen MR) is 178 cm³/mol. The zero-order valence-corrected chi connectivity index (χ0v) is 27.0. The molecule has 0 saturated carbocycles. The zero-order chi connectivity index (χ0) is 32.8. The number of likely N-dealkylation sites (tertiary alicyclic amines) is 1. The predicted octanol–water partition coefficient (Wildman–Crippen LogP) is 6.94. The van der Waals surface area contributed by atoms with Crippen LogP contribution in [0.5, 0.6) is 17.2 Å². The highest BCUT2D eigenvalue weighted by molar-refractivity contribution is 5.65. The zero-order valence-electron chi connectivity index (χ0n) is 27.0. The summed E-state index contributed by atoms with van der Waals surface area (Å²) in [5.41, 5.74) is 4.07. The van der Waals surface area contributed by atoms with Gasteiger partial charge < -0.3 is 38.4 Å². The molecule has 0 aliphatic carbocycles. The van der Waals surface area contributed by atoms with Gasteiger partial charge in [-0.05, 0) is 58.7 Å². The van der Waals surface area contributed by atoms with Crippen LogP contribution >= 0.6 is 0 Å². The molecule has 1 aliphatic rings. The number of ether oxygens (including phenoxy) is 6. The molecule has 0 unspecified atom stereocenters. The van der Waals surface area contributed by atoms with Gasteiger partial charge in [0.1, 0.15) is 17.2 Å². The lowest BCUT2D eigenvalue weighted by molar-refractivity contribution is -0.0937. The van der Waals surface area contributed by atoms with Crippen molar-refractivity contribution in [2.45, 2.75) is 44.4 Å². The number of carboxylic acid groups (broad SMARTS) is 1. The molecule has 5 rings (SSSR count). The molecule has 248 valence electrons. The van der Waals surface area contributed by atoms with Gasteiger partial charge in [-0.1, -0.05) is 66.7 Å². The molecule has 0 bridgehead atoms. The molecule has 3 atom stereocenters. The summed E-state index contributed by atoms with van der Waals surface area (Å²) in [6.45, 7) is 2.80. The highest BCUT2D eigenvalue weighted by atomic mass is 16.5. The lowest BCUT2D eigenvalue weighted by Crippen LogP contribution is -2.54. The van der Waals surface area contributed by atoms with Crippen LogP contribution in [-0.2, 0) is 34.0 Å². The van der Waals surface area contributed by atoms with E-state index in [4.69, 9.17) is 28.4 Å². The molecule has 1 heterocycles. The van der Waals surface area contributed by atoms with E-state index in [9.17, 15) is 9.90 Å². The van der Waals surface area contributed by atoms with Gasteiger partial charge in [-0.3, -0.25) is 0 Å². The number of piperidine rings is 1. The van der Waals surface area contributed by atoms with Crippen LogP contribution in [-0.4, -0.2) is 68.8 Å². The third-order valence-electron chi connectivity index (χ3n) is 8.20. The second kappa shape index (κ2) is 17.4. The third kappa shape index (κ3) is 9.96. The van der Waals surface area contributed by atoms with E-state index in [1.807, 2.05) is 103 Å². The van der Waals surface area contributed by atoms with Crippen molar-refractivity contribution in [2.24, 2.45) is 0 Å². The van der Waals surface area contributed by atoms with E-state index in [0.717, 1.165) is 45.9 Å². The number of amides is 1.